The van der Waals surface area contributed by atoms with Crippen LogP contribution in [0.4, 0.5) is 0 Å². The van der Waals surface area contributed by atoms with Gasteiger partial charge in [-0.1, -0.05) is 37.6 Å². The summed E-state index contributed by atoms with van der Waals surface area (Å²) in [5.41, 5.74) is 5.49. The molecule has 2 heteroatoms. The molecular formula is C18H26N2. The minimum atomic E-state index is 0.472. The molecule has 1 heterocycles. The third-order valence-corrected chi connectivity index (χ3v) is 3.89. The van der Waals surface area contributed by atoms with Crippen LogP contribution in [0.2, 0.25) is 0 Å². The topological polar surface area (TPSA) is 17.0 Å². The number of benzene rings is 1. The van der Waals surface area contributed by atoms with Crippen molar-refractivity contribution in [2.75, 3.05) is 6.54 Å². The number of nitrogens with one attached hydrogen (secondary N) is 1. The fraction of sp³-hybridized carbons (Fsp3) is 0.444. The maximum Gasteiger partial charge on any atom is 0.0473 e. The van der Waals surface area contributed by atoms with Crippen molar-refractivity contribution in [1.29, 1.82) is 0 Å². The quantitative estimate of drug-likeness (QED) is 0.832. The summed E-state index contributed by atoms with van der Waals surface area (Å²) >= 11 is 0. The van der Waals surface area contributed by atoms with Crippen molar-refractivity contribution in [1.82, 2.24) is 9.88 Å². The van der Waals surface area contributed by atoms with Crippen LogP contribution in [-0.2, 0) is 6.54 Å². The third-order valence-electron chi connectivity index (χ3n) is 3.89. The molecule has 0 saturated carbocycles. The number of rotatable bonds is 6. The van der Waals surface area contributed by atoms with E-state index < -0.39 is 0 Å². The van der Waals surface area contributed by atoms with E-state index in [-0.39, 0.29) is 0 Å². The molecule has 108 valence electrons. The molecule has 0 aliphatic heterocycles. The van der Waals surface area contributed by atoms with Gasteiger partial charge >= 0.3 is 0 Å². The van der Waals surface area contributed by atoms with Crippen molar-refractivity contribution in [2.45, 2.75) is 46.7 Å². The molecule has 1 unspecified atom stereocenters. The fourth-order valence-electron chi connectivity index (χ4n) is 2.68. The van der Waals surface area contributed by atoms with E-state index in [1.165, 1.54) is 22.3 Å². The van der Waals surface area contributed by atoms with Crippen LogP contribution in [-0.4, -0.2) is 11.1 Å². The van der Waals surface area contributed by atoms with E-state index in [2.05, 4.69) is 74.2 Å². The number of aryl methyl sites for hydroxylation is 2. The van der Waals surface area contributed by atoms with Crippen LogP contribution >= 0.6 is 0 Å². The molecule has 0 saturated heterocycles. The molecule has 2 nitrogen and oxygen atoms in total. The van der Waals surface area contributed by atoms with Crippen LogP contribution < -0.4 is 5.32 Å². The summed E-state index contributed by atoms with van der Waals surface area (Å²) < 4.78 is 2.29. The normalized spacial score (nSPS) is 12.6. The summed E-state index contributed by atoms with van der Waals surface area (Å²) in [4.78, 5) is 0. The van der Waals surface area contributed by atoms with Crippen LogP contribution in [0.25, 0.3) is 0 Å². The Kier molecular flexibility index (Phi) is 5.02. The van der Waals surface area contributed by atoms with Crippen molar-refractivity contribution in [3.63, 3.8) is 0 Å². The highest BCUT2D eigenvalue weighted by molar-refractivity contribution is 5.31. The first-order chi connectivity index (χ1) is 9.63. The lowest BCUT2D eigenvalue weighted by Crippen LogP contribution is -2.19. The first kappa shape index (κ1) is 14.9. The Bertz CT molecular complexity index is 554. The summed E-state index contributed by atoms with van der Waals surface area (Å²) in [6.07, 6.45) is 5.59. The number of hydrogen-bond acceptors (Lipinski definition) is 1. The van der Waals surface area contributed by atoms with E-state index in [0.717, 1.165) is 19.5 Å². The van der Waals surface area contributed by atoms with Gasteiger partial charge in [0.2, 0.25) is 0 Å². The smallest absolute Gasteiger partial charge is 0.0473 e. The molecule has 2 rings (SSSR count). The van der Waals surface area contributed by atoms with Crippen LogP contribution in [0.15, 0.2) is 36.7 Å². The third kappa shape index (κ3) is 3.51. The van der Waals surface area contributed by atoms with E-state index in [4.69, 9.17) is 0 Å². The highest BCUT2D eigenvalue weighted by Gasteiger charge is 2.09. The summed E-state index contributed by atoms with van der Waals surface area (Å²) in [6.45, 7) is 10.7. The van der Waals surface area contributed by atoms with Crippen LogP contribution in [0, 0.1) is 13.8 Å². The van der Waals surface area contributed by atoms with Gasteiger partial charge in [0.25, 0.3) is 0 Å². The predicted octanol–water partition coefficient (Wildman–Crippen LogP) is 4.21. The van der Waals surface area contributed by atoms with Crippen LogP contribution in [0.5, 0.6) is 0 Å². The van der Waals surface area contributed by atoms with Gasteiger partial charge in [-0.2, -0.15) is 0 Å². The van der Waals surface area contributed by atoms with Crippen molar-refractivity contribution in [3.05, 3.63) is 58.9 Å². The molecule has 0 spiro atoms. The van der Waals surface area contributed by atoms with E-state index in [1.807, 2.05) is 0 Å². The fourth-order valence-corrected chi connectivity index (χ4v) is 2.68. The zero-order valence-electron chi connectivity index (χ0n) is 13.1. The number of nitrogens with zero attached hydrogens (tertiary/aromatic N) is 1. The molecule has 0 aliphatic rings. The Hall–Kier alpha value is -1.54. The van der Waals surface area contributed by atoms with Crippen molar-refractivity contribution in [2.24, 2.45) is 0 Å². The van der Waals surface area contributed by atoms with Gasteiger partial charge in [0, 0.05) is 25.0 Å². The Labute approximate surface area is 122 Å². The Balaban J connectivity index is 2.14. The lowest BCUT2D eigenvalue weighted by molar-refractivity contribution is 0.536. The van der Waals surface area contributed by atoms with Gasteiger partial charge in [0.1, 0.15) is 0 Å². The molecular weight excluding hydrogens is 244 g/mol. The van der Waals surface area contributed by atoms with Gasteiger partial charge in [-0.25, -0.2) is 0 Å². The molecule has 20 heavy (non-hydrogen) atoms. The van der Waals surface area contributed by atoms with E-state index in [1.54, 1.807) is 0 Å². The summed E-state index contributed by atoms with van der Waals surface area (Å²) in [5.74, 6) is 0. The Morgan fingerprint density at radius 3 is 2.65 bits per heavy atom. The number of aromatic nitrogens is 1. The number of hydrogen-bond donors (Lipinski definition) is 1. The van der Waals surface area contributed by atoms with Gasteiger partial charge in [0.05, 0.1) is 0 Å². The summed E-state index contributed by atoms with van der Waals surface area (Å²) in [7, 11) is 0. The SMILES string of the molecule is CCNC(CC)c1ccn(Cc2cc(C)ccc2C)c1. The second kappa shape index (κ2) is 6.76. The van der Waals surface area contributed by atoms with Gasteiger partial charge in [0.15, 0.2) is 0 Å². The average Bonchev–Trinajstić information content (AvgIpc) is 2.88. The zero-order valence-corrected chi connectivity index (χ0v) is 13.1. The monoisotopic (exact) mass is 270 g/mol. The molecule has 0 bridgehead atoms. The molecule has 2 aromatic rings. The average molecular weight is 270 g/mol. The Morgan fingerprint density at radius 2 is 1.95 bits per heavy atom. The lowest BCUT2D eigenvalue weighted by atomic mass is 10.1. The molecule has 1 aromatic heterocycles. The van der Waals surface area contributed by atoms with Gasteiger partial charge in [-0.3, -0.25) is 0 Å². The largest absolute Gasteiger partial charge is 0.350 e. The van der Waals surface area contributed by atoms with Gasteiger partial charge in [-0.05, 0) is 49.6 Å². The standard InChI is InChI=1S/C18H26N2/c1-5-18(19-6-2)16-9-10-20(12-16)13-17-11-14(3)7-8-15(17)4/h7-12,18-19H,5-6,13H2,1-4H3. The minimum Gasteiger partial charge on any atom is -0.350 e. The van der Waals surface area contributed by atoms with Crippen molar-refractivity contribution < 1.29 is 0 Å². The first-order valence-corrected chi connectivity index (χ1v) is 7.59. The van der Waals surface area contributed by atoms with E-state index >= 15 is 0 Å². The first-order valence-electron chi connectivity index (χ1n) is 7.59. The van der Waals surface area contributed by atoms with Crippen LogP contribution in [0.1, 0.15) is 48.6 Å². The molecule has 0 amide bonds. The second-order valence-electron chi connectivity index (χ2n) is 5.57. The highest BCUT2D eigenvalue weighted by Crippen LogP contribution is 2.18. The minimum absolute atomic E-state index is 0.472. The molecule has 0 radical (unpaired) electrons. The van der Waals surface area contributed by atoms with Crippen molar-refractivity contribution >= 4 is 0 Å². The van der Waals surface area contributed by atoms with Gasteiger partial charge < -0.3 is 9.88 Å². The van der Waals surface area contributed by atoms with E-state index in [9.17, 15) is 0 Å². The molecule has 0 aliphatic carbocycles. The summed E-state index contributed by atoms with van der Waals surface area (Å²) in [6, 6.07) is 9.39. The van der Waals surface area contributed by atoms with Crippen LogP contribution in [0.3, 0.4) is 0 Å². The molecule has 1 atom stereocenters. The summed E-state index contributed by atoms with van der Waals surface area (Å²) in [5, 5.41) is 3.53. The zero-order chi connectivity index (χ0) is 14.5. The molecule has 1 N–H and O–H groups in total. The lowest BCUT2D eigenvalue weighted by Gasteiger charge is -2.14. The molecule has 1 aromatic carbocycles. The Morgan fingerprint density at radius 1 is 1.15 bits per heavy atom. The van der Waals surface area contributed by atoms with Gasteiger partial charge in [-0.15, -0.1) is 0 Å². The van der Waals surface area contributed by atoms with E-state index in [0.29, 0.717) is 6.04 Å². The maximum atomic E-state index is 3.53. The molecule has 0 fully saturated rings. The second-order valence-corrected chi connectivity index (χ2v) is 5.57. The maximum absolute atomic E-state index is 3.53. The predicted molar refractivity (Wildman–Crippen MR) is 86.2 cm³/mol. The highest BCUT2D eigenvalue weighted by atomic mass is 15.0. The van der Waals surface area contributed by atoms with Crippen molar-refractivity contribution in [3.8, 4) is 0 Å².